The largest absolute Gasteiger partial charge is 0.482 e. The molecule has 28 heavy (non-hydrogen) atoms. The number of hydrogen-bond acceptors (Lipinski definition) is 5. The van der Waals surface area contributed by atoms with Crippen molar-refractivity contribution in [2.75, 3.05) is 13.2 Å². The van der Waals surface area contributed by atoms with Crippen molar-refractivity contribution in [3.63, 3.8) is 0 Å². The van der Waals surface area contributed by atoms with Crippen LogP contribution in [-0.4, -0.2) is 31.1 Å². The van der Waals surface area contributed by atoms with Gasteiger partial charge in [0, 0.05) is 12.1 Å². The van der Waals surface area contributed by atoms with E-state index in [9.17, 15) is 14.4 Å². The molecule has 0 radical (unpaired) electrons. The molecule has 2 aromatic rings. The number of ether oxygens (including phenoxy) is 2. The maximum Gasteiger partial charge on any atom is 0.345 e. The smallest absolute Gasteiger partial charge is 0.345 e. The second kappa shape index (κ2) is 10.7. The van der Waals surface area contributed by atoms with E-state index < -0.39 is 24.0 Å². The lowest BCUT2D eigenvalue weighted by Crippen LogP contribution is -2.42. The van der Waals surface area contributed by atoms with Crippen LogP contribution in [0.2, 0.25) is 0 Å². The molecule has 0 aliphatic rings. The summed E-state index contributed by atoms with van der Waals surface area (Å²) in [5, 5.41) is 4.63. The molecule has 1 unspecified atom stereocenters. The highest BCUT2D eigenvalue weighted by molar-refractivity contribution is 5.97. The molecule has 2 rings (SSSR count). The monoisotopic (exact) mass is 384 g/mol. The quantitative estimate of drug-likeness (QED) is 0.683. The molecule has 0 saturated carbocycles. The minimum Gasteiger partial charge on any atom is -0.482 e. The normalized spacial score (nSPS) is 11.2. The molecule has 148 valence electrons. The van der Waals surface area contributed by atoms with E-state index in [0.717, 1.165) is 12.0 Å². The van der Waals surface area contributed by atoms with Crippen LogP contribution in [0.4, 0.5) is 4.79 Å². The number of esters is 1. The lowest BCUT2D eigenvalue weighted by molar-refractivity contribution is -0.158. The van der Waals surface area contributed by atoms with Crippen LogP contribution in [0.1, 0.15) is 31.1 Å². The first-order valence-corrected chi connectivity index (χ1v) is 9.09. The van der Waals surface area contributed by atoms with Crippen LogP contribution >= 0.6 is 0 Å². The second-order valence-corrected chi connectivity index (χ2v) is 5.88. The zero-order valence-corrected chi connectivity index (χ0v) is 15.9. The highest BCUT2D eigenvalue weighted by Crippen LogP contribution is 2.20. The highest BCUT2D eigenvalue weighted by Gasteiger charge is 2.26. The van der Waals surface area contributed by atoms with Gasteiger partial charge in [0.25, 0.3) is 5.91 Å². The van der Waals surface area contributed by atoms with Crippen LogP contribution in [0.3, 0.4) is 0 Å². The molecule has 0 fully saturated rings. The molecule has 0 aromatic heterocycles. The maximum atomic E-state index is 12.4. The van der Waals surface area contributed by atoms with E-state index in [1.54, 1.807) is 43.3 Å². The molecule has 7 heteroatoms. The molecule has 0 aliphatic heterocycles. The van der Waals surface area contributed by atoms with E-state index >= 15 is 0 Å². The number of nitrogens with one attached hydrogen (secondary N) is 2. The number of aryl methyl sites for hydroxylation is 1. The summed E-state index contributed by atoms with van der Waals surface area (Å²) >= 11 is 0. The predicted octanol–water partition coefficient (Wildman–Crippen LogP) is 2.76. The third kappa shape index (κ3) is 6.12. The lowest BCUT2D eigenvalue weighted by atomic mass is 10.1. The number of rotatable bonds is 8. The van der Waals surface area contributed by atoms with E-state index in [1.165, 1.54) is 0 Å². The first-order chi connectivity index (χ1) is 13.5. The summed E-state index contributed by atoms with van der Waals surface area (Å²) in [6, 6.07) is 15.2. The summed E-state index contributed by atoms with van der Waals surface area (Å²) in [6.45, 7) is 3.72. The van der Waals surface area contributed by atoms with Gasteiger partial charge in [-0.1, -0.05) is 55.5 Å². The van der Waals surface area contributed by atoms with Crippen molar-refractivity contribution in [3.8, 4) is 5.75 Å². The summed E-state index contributed by atoms with van der Waals surface area (Å²) in [7, 11) is 0. The Morgan fingerprint density at radius 3 is 2.32 bits per heavy atom. The van der Waals surface area contributed by atoms with Crippen molar-refractivity contribution in [2.24, 2.45) is 0 Å². The molecule has 0 bridgehead atoms. The topological polar surface area (TPSA) is 93.7 Å². The van der Waals surface area contributed by atoms with Crippen LogP contribution in [0.5, 0.6) is 5.75 Å². The lowest BCUT2D eigenvalue weighted by Gasteiger charge is -2.18. The van der Waals surface area contributed by atoms with E-state index in [2.05, 4.69) is 10.6 Å². The molecule has 0 spiro atoms. The van der Waals surface area contributed by atoms with Gasteiger partial charge in [0.15, 0.2) is 6.61 Å². The fourth-order valence-corrected chi connectivity index (χ4v) is 2.52. The number of hydrogen-bond donors (Lipinski definition) is 2. The van der Waals surface area contributed by atoms with Crippen molar-refractivity contribution in [1.29, 1.82) is 0 Å². The molecule has 0 aliphatic carbocycles. The summed E-state index contributed by atoms with van der Waals surface area (Å²) in [4.78, 5) is 36.4. The summed E-state index contributed by atoms with van der Waals surface area (Å²) in [5.74, 6) is -0.866. The van der Waals surface area contributed by atoms with Crippen molar-refractivity contribution in [2.45, 2.75) is 26.4 Å². The zero-order valence-electron chi connectivity index (χ0n) is 15.9. The molecule has 1 atom stereocenters. The van der Waals surface area contributed by atoms with E-state index in [4.69, 9.17) is 9.47 Å². The number of para-hydroxylation sites is 1. The van der Waals surface area contributed by atoms with Gasteiger partial charge in [-0.15, -0.1) is 0 Å². The van der Waals surface area contributed by atoms with Gasteiger partial charge in [-0.05, 0) is 25.0 Å². The number of benzene rings is 2. The predicted molar refractivity (Wildman–Crippen MR) is 104 cm³/mol. The van der Waals surface area contributed by atoms with Gasteiger partial charge in [-0.2, -0.15) is 0 Å². The fraction of sp³-hybridized carbons (Fsp3) is 0.286. The number of urea groups is 1. The molecule has 7 nitrogen and oxygen atoms in total. The third-order valence-corrected chi connectivity index (χ3v) is 3.86. The number of carbonyl (C=O) groups is 3. The number of amides is 3. The summed E-state index contributed by atoms with van der Waals surface area (Å²) < 4.78 is 10.9. The third-order valence-electron chi connectivity index (χ3n) is 3.86. The van der Waals surface area contributed by atoms with Gasteiger partial charge >= 0.3 is 12.0 Å². The fourth-order valence-electron chi connectivity index (χ4n) is 2.52. The Hall–Kier alpha value is -3.35. The first kappa shape index (κ1) is 21.0. The SMILES string of the molecule is CCNC(=O)NC(=O)C(OC(=O)COc1ccccc1CC)c1ccccc1. The Morgan fingerprint density at radius 1 is 0.964 bits per heavy atom. The average molecular weight is 384 g/mol. The van der Waals surface area contributed by atoms with Crippen LogP contribution in [0.25, 0.3) is 0 Å². The Morgan fingerprint density at radius 2 is 1.64 bits per heavy atom. The van der Waals surface area contributed by atoms with Crippen LogP contribution in [0, 0.1) is 0 Å². The zero-order chi connectivity index (χ0) is 20.4. The van der Waals surface area contributed by atoms with Crippen molar-refractivity contribution < 1.29 is 23.9 Å². The molecule has 2 N–H and O–H groups in total. The molecule has 0 heterocycles. The van der Waals surface area contributed by atoms with Gasteiger partial charge in [0.1, 0.15) is 5.75 Å². The van der Waals surface area contributed by atoms with Crippen LogP contribution < -0.4 is 15.4 Å². The van der Waals surface area contributed by atoms with Crippen LogP contribution in [-0.2, 0) is 20.7 Å². The van der Waals surface area contributed by atoms with Gasteiger partial charge in [0.05, 0.1) is 0 Å². The minimum atomic E-state index is -1.26. The van der Waals surface area contributed by atoms with E-state index in [-0.39, 0.29) is 6.61 Å². The summed E-state index contributed by atoms with van der Waals surface area (Å²) in [6.07, 6.45) is -0.506. The first-order valence-electron chi connectivity index (χ1n) is 9.09. The van der Waals surface area contributed by atoms with E-state index in [0.29, 0.717) is 17.9 Å². The Bertz CT molecular complexity index is 807. The standard InChI is InChI=1S/C21H24N2O5/c1-3-15-10-8-9-13-17(15)27-14-18(24)28-19(16-11-6-5-7-12-16)20(25)23-21(26)22-4-2/h5-13,19H,3-4,14H2,1-2H3,(H2,22,23,25,26). The van der Waals surface area contributed by atoms with Crippen LogP contribution in [0.15, 0.2) is 54.6 Å². The number of carbonyl (C=O) groups excluding carboxylic acids is 3. The van der Waals surface area contributed by atoms with Crippen molar-refractivity contribution in [3.05, 3.63) is 65.7 Å². The van der Waals surface area contributed by atoms with Gasteiger partial charge in [-0.25, -0.2) is 9.59 Å². The Balaban J connectivity index is 2.06. The Kier molecular flexibility index (Phi) is 8.02. The summed E-state index contributed by atoms with van der Waals surface area (Å²) in [5.41, 5.74) is 1.41. The molecular formula is C21H24N2O5. The molecule has 0 saturated heterocycles. The Labute approximate surface area is 164 Å². The molecule has 2 aromatic carbocycles. The number of imide groups is 1. The second-order valence-electron chi connectivity index (χ2n) is 5.88. The minimum absolute atomic E-state index is 0.352. The van der Waals surface area contributed by atoms with Crippen molar-refractivity contribution >= 4 is 17.9 Å². The van der Waals surface area contributed by atoms with Gasteiger partial charge in [-0.3, -0.25) is 10.1 Å². The highest BCUT2D eigenvalue weighted by atomic mass is 16.6. The maximum absolute atomic E-state index is 12.4. The molecular weight excluding hydrogens is 360 g/mol. The average Bonchev–Trinajstić information content (AvgIpc) is 2.71. The molecule has 3 amide bonds. The van der Waals surface area contributed by atoms with Gasteiger partial charge < -0.3 is 14.8 Å². The van der Waals surface area contributed by atoms with E-state index in [1.807, 2.05) is 25.1 Å². The van der Waals surface area contributed by atoms with Crippen molar-refractivity contribution in [1.82, 2.24) is 10.6 Å². The van der Waals surface area contributed by atoms with Gasteiger partial charge in [0.2, 0.25) is 6.10 Å².